The molecule has 0 spiro atoms. The second-order valence-corrected chi connectivity index (χ2v) is 4.79. The van der Waals surface area contributed by atoms with E-state index in [4.69, 9.17) is 0 Å². The van der Waals surface area contributed by atoms with Crippen molar-refractivity contribution in [3.8, 4) is 5.75 Å². The third-order valence-corrected chi connectivity index (χ3v) is 3.24. The topological polar surface area (TPSA) is 52.9 Å². The molecule has 0 radical (unpaired) electrons. The molecule has 1 heterocycles. The van der Waals surface area contributed by atoms with E-state index >= 15 is 0 Å². The minimum Gasteiger partial charge on any atom is -0.508 e. The van der Waals surface area contributed by atoms with Gasteiger partial charge in [0, 0.05) is 0 Å². The summed E-state index contributed by atoms with van der Waals surface area (Å²) < 4.78 is 0. The van der Waals surface area contributed by atoms with Crippen molar-refractivity contribution in [1.29, 1.82) is 0 Å². The number of rotatable bonds is 2. The average molecular weight is 278 g/mol. The summed E-state index contributed by atoms with van der Waals surface area (Å²) in [6, 6.07) is 16.1. The highest BCUT2D eigenvalue weighted by Crippen LogP contribution is 2.25. The Kier molecular flexibility index (Phi) is 3.28. The van der Waals surface area contributed by atoms with E-state index < -0.39 is 0 Å². The van der Waals surface area contributed by atoms with Gasteiger partial charge in [-0.05, 0) is 42.8 Å². The van der Waals surface area contributed by atoms with Crippen LogP contribution in [0.4, 0.5) is 5.69 Å². The molecule has 0 unspecified atom stereocenters. The lowest BCUT2D eigenvalue weighted by atomic mass is 10.1. The second kappa shape index (κ2) is 5.25. The van der Waals surface area contributed by atoms with Crippen molar-refractivity contribution in [3.63, 3.8) is 0 Å². The lowest BCUT2D eigenvalue weighted by molar-refractivity contribution is -0.114. The fourth-order valence-electron chi connectivity index (χ4n) is 2.21. The number of benzene rings is 2. The third-order valence-electron chi connectivity index (χ3n) is 3.24. The number of anilines is 1. The highest BCUT2D eigenvalue weighted by molar-refractivity contribution is 6.32. The van der Waals surface area contributed by atoms with Crippen LogP contribution in [0.3, 0.4) is 0 Å². The SMILES string of the molecule is CC1=NN(c2ccccc2)C(=O)C1=Cc1cccc(O)c1. The van der Waals surface area contributed by atoms with Gasteiger partial charge in [0.25, 0.3) is 5.91 Å². The smallest absolute Gasteiger partial charge is 0.280 e. The lowest BCUT2D eigenvalue weighted by Crippen LogP contribution is -2.21. The molecule has 0 atom stereocenters. The van der Waals surface area contributed by atoms with Crippen LogP contribution >= 0.6 is 0 Å². The fraction of sp³-hybridized carbons (Fsp3) is 0.0588. The van der Waals surface area contributed by atoms with E-state index in [1.807, 2.05) is 36.4 Å². The van der Waals surface area contributed by atoms with Crippen molar-refractivity contribution < 1.29 is 9.90 Å². The van der Waals surface area contributed by atoms with Crippen molar-refractivity contribution in [1.82, 2.24) is 0 Å². The molecule has 0 saturated heterocycles. The normalized spacial score (nSPS) is 16.4. The van der Waals surface area contributed by atoms with Crippen molar-refractivity contribution in [2.75, 3.05) is 5.01 Å². The maximum absolute atomic E-state index is 12.5. The van der Waals surface area contributed by atoms with Gasteiger partial charge in [0.15, 0.2) is 0 Å². The molecule has 2 aromatic rings. The van der Waals surface area contributed by atoms with Crippen LogP contribution in [0.15, 0.2) is 65.3 Å². The number of carbonyl (C=O) groups is 1. The first-order chi connectivity index (χ1) is 10.1. The van der Waals surface area contributed by atoms with Crippen LogP contribution in [0.2, 0.25) is 0 Å². The van der Waals surface area contributed by atoms with Gasteiger partial charge in [-0.3, -0.25) is 4.79 Å². The highest BCUT2D eigenvalue weighted by Gasteiger charge is 2.28. The van der Waals surface area contributed by atoms with Crippen LogP contribution < -0.4 is 5.01 Å². The minimum atomic E-state index is -0.165. The molecule has 4 nitrogen and oxygen atoms in total. The summed E-state index contributed by atoms with van der Waals surface area (Å²) in [5.74, 6) is 0.00588. The van der Waals surface area contributed by atoms with Crippen LogP contribution in [0.1, 0.15) is 12.5 Å². The molecule has 1 amide bonds. The number of nitrogens with zero attached hydrogens (tertiary/aromatic N) is 2. The molecule has 0 bridgehead atoms. The van der Waals surface area contributed by atoms with Crippen molar-refractivity contribution >= 4 is 23.4 Å². The lowest BCUT2D eigenvalue weighted by Gasteiger charge is -2.11. The number of hydrogen-bond donors (Lipinski definition) is 1. The maximum Gasteiger partial charge on any atom is 0.280 e. The number of aromatic hydroxyl groups is 1. The summed E-state index contributed by atoms with van der Waals surface area (Å²) in [5, 5.41) is 15.2. The zero-order chi connectivity index (χ0) is 14.8. The molecule has 2 aromatic carbocycles. The standard InChI is InChI=1S/C17H14N2O2/c1-12-16(11-13-6-5-9-15(20)10-13)17(21)19(18-12)14-7-3-2-4-8-14/h2-11,20H,1H3. The second-order valence-electron chi connectivity index (χ2n) is 4.79. The van der Waals surface area contributed by atoms with Crippen molar-refractivity contribution in [3.05, 3.63) is 65.7 Å². The van der Waals surface area contributed by atoms with E-state index in [-0.39, 0.29) is 11.7 Å². The van der Waals surface area contributed by atoms with Gasteiger partial charge in [-0.15, -0.1) is 0 Å². The van der Waals surface area contributed by atoms with Gasteiger partial charge in [-0.2, -0.15) is 10.1 Å². The summed E-state index contributed by atoms with van der Waals surface area (Å²) in [7, 11) is 0. The van der Waals surface area contributed by atoms with Crippen LogP contribution in [-0.2, 0) is 4.79 Å². The van der Waals surface area contributed by atoms with Gasteiger partial charge in [-0.1, -0.05) is 30.3 Å². The summed E-state index contributed by atoms with van der Waals surface area (Å²) in [5.41, 5.74) is 2.70. The first-order valence-corrected chi connectivity index (χ1v) is 6.61. The number of phenols is 1. The number of carbonyl (C=O) groups excluding carboxylic acids is 1. The number of phenolic OH excluding ortho intramolecular Hbond substituents is 1. The molecular formula is C17H14N2O2. The quantitative estimate of drug-likeness (QED) is 0.858. The Morgan fingerprint density at radius 2 is 1.86 bits per heavy atom. The summed E-state index contributed by atoms with van der Waals surface area (Å²) in [6.45, 7) is 1.80. The molecular weight excluding hydrogens is 264 g/mol. The van der Waals surface area contributed by atoms with Crippen LogP contribution in [0, 0.1) is 0 Å². The van der Waals surface area contributed by atoms with E-state index in [1.54, 1.807) is 31.2 Å². The minimum absolute atomic E-state index is 0.165. The van der Waals surface area contributed by atoms with E-state index in [1.165, 1.54) is 5.01 Å². The third kappa shape index (κ3) is 2.56. The van der Waals surface area contributed by atoms with E-state index in [9.17, 15) is 9.90 Å². The number of para-hydroxylation sites is 1. The van der Waals surface area contributed by atoms with Crippen LogP contribution in [-0.4, -0.2) is 16.7 Å². The van der Waals surface area contributed by atoms with E-state index in [0.717, 1.165) is 11.3 Å². The zero-order valence-corrected chi connectivity index (χ0v) is 11.5. The molecule has 3 rings (SSSR count). The number of hydrazone groups is 1. The molecule has 1 N–H and O–H groups in total. The van der Waals surface area contributed by atoms with Crippen molar-refractivity contribution in [2.24, 2.45) is 5.10 Å². The molecule has 4 heteroatoms. The Balaban J connectivity index is 1.96. The first-order valence-electron chi connectivity index (χ1n) is 6.61. The molecule has 1 aliphatic rings. The largest absolute Gasteiger partial charge is 0.508 e. The Bertz CT molecular complexity index is 748. The Labute approximate surface area is 122 Å². The molecule has 0 aliphatic carbocycles. The molecule has 21 heavy (non-hydrogen) atoms. The van der Waals surface area contributed by atoms with Gasteiger partial charge in [0.1, 0.15) is 5.75 Å². The zero-order valence-electron chi connectivity index (χ0n) is 11.5. The van der Waals surface area contributed by atoms with Gasteiger partial charge in [0.05, 0.1) is 17.0 Å². The first kappa shape index (κ1) is 13.1. The molecule has 1 aliphatic heterocycles. The van der Waals surface area contributed by atoms with Gasteiger partial charge < -0.3 is 5.11 Å². The molecule has 0 aromatic heterocycles. The fourth-order valence-corrected chi connectivity index (χ4v) is 2.21. The summed E-state index contributed by atoms with van der Waals surface area (Å²) in [4.78, 5) is 12.5. The number of hydrogen-bond acceptors (Lipinski definition) is 3. The molecule has 104 valence electrons. The van der Waals surface area contributed by atoms with Gasteiger partial charge in [0.2, 0.25) is 0 Å². The summed E-state index contributed by atoms with van der Waals surface area (Å²) >= 11 is 0. The summed E-state index contributed by atoms with van der Waals surface area (Å²) in [6.07, 6.45) is 1.74. The average Bonchev–Trinajstić information content (AvgIpc) is 2.76. The van der Waals surface area contributed by atoms with Crippen LogP contribution in [0.5, 0.6) is 5.75 Å². The number of amides is 1. The van der Waals surface area contributed by atoms with Crippen molar-refractivity contribution in [2.45, 2.75) is 6.92 Å². The maximum atomic E-state index is 12.5. The Morgan fingerprint density at radius 1 is 1.10 bits per heavy atom. The van der Waals surface area contributed by atoms with Crippen LogP contribution in [0.25, 0.3) is 6.08 Å². The predicted molar refractivity (Wildman–Crippen MR) is 83.1 cm³/mol. The monoisotopic (exact) mass is 278 g/mol. The van der Waals surface area contributed by atoms with E-state index in [2.05, 4.69) is 5.10 Å². The van der Waals surface area contributed by atoms with E-state index in [0.29, 0.717) is 11.3 Å². The predicted octanol–water partition coefficient (Wildman–Crippen LogP) is 3.20. The molecule has 0 fully saturated rings. The Morgan fingerprint density at radius 3 is 2.57 bits per heavy atom. The highest BCUT2D eigenvalue weighted by atomic mass is 16.3. The molecule has 0 saturated carbocycles. The van der Waals surface area contributed by atoms with Gasteiger partial charge >= 0.3 is 0 Å². The van der Waals surface area contributed by atoms with Gasteiger partial charge in [-0.25, -0.2) is 0 Å². The Hall–Kier alpha value is -2.88.